The Morgan fingerprint density at radius 1 is 1.10 bits per heavy atom. The fraction of sp³-hybridized carbons (Fsp3) is 0.314. The summed E-state index contributed by atoms with van der Waals surface area (Å²) < 4.78 is 39.0. The van der Waals surface area contributed by atoms with Gasteiger partial charge >= 0.3 is 5.97 Å². The van der Waals surface area contributed by atoms with Crippen molar-refractivity contribution in [1.29, 1.82) is 0 Å². The van der Waals surface area contributed by atoms with Gasteiger partial charge in [0.2, 0.25) is 0 Å². The van der Waals surface area contributed by atoms with Gasteiger partial charge < -0.3 is 18.9 Å². The summed E-state index contributed by atoms with van der Waals surface area (Å²) in [6.45, 7) is 7.61. The van der Waals surface area contributed by atoms with Crippen molar-refractivity contribution in [3.63, 3.8) is 0 Å². The summed E-state index contributed by atoms with van der Waals surface area (Å²) in [7, 11) is 0. The van der Waals surface area contributed by atoms with Crippen molar-refractivity contribution in [3.05, 3.63) is 125 Å². The van der Waals surface area contributed by atoms with E-state index in [0.29, 0.717) is 29.2 Å². The number of rotatable bonds is 11. The van der Waals surface area contributed by atoms with Gasteiger partial charge in [-0.3, -0.25) is 9.59 Å². The summed E-state index contributed by atoms with van der Waals surface area (Å²) in [6.07, 6.45) is 3.22. The number of esters is 1. The predicted octanol–water partition coefficient (Wildman–Crippen LogP) is 6.45. The zero-order chi connectivity index (χ0) is 29.7. The van der Waals surface area contributed by atoms with E-state index in [1.165, 1.54) is 18.2 Å². The summed E-state index contributed by atoms with van der Waals surface area (Å²) in [5.41, 5.74) is 0.259. The van der Waals surface area contributed by atoms with Gasteiger partial charge in [-0.25, -0.2) is 4.39 Å². The van der Waals surface area contributed by atoms with Crippen LogP contribution in [-0.4, -0.2) is 30.8 Å². The molecule has 7 heteroatoms. The van der Waals surface area contributed by atoms with Crippen LogP contribution in [0.3, 0.4) is 0 Å². The SMILES string of the molecule is C=CCOC(=O)C1(Cc2ccccc2)C[C@]2([C@H](C)Cc3cc(OCc4ccccc4)c(C)cc3F)OCOC2=CC1=O. The van der Waals surface area contributed by atoms with Gasteiger partial charge in [0.25, 0.3) is 0 Å². The number of allylic oxidation sites excluding steroid dienone is 1. The van der Waals surface area contributed by atoms with Crippen LogP contribution in [-0.2, 0) is 43.2 Å². The summed E-state index contributed by atoms with van der Waals surface area (Å²) in [4.78, 5) is 27.3. The molecule has 0 radical (unpaired) electrons. The van der Waals surface area contributed by atoms with E-state index in [2.05, 4.69) is 6.58 Å². The molecule has 218 valence electrons. The van der Waals surface area contributed by atoms with E-state index in [1.54, 1.807) is 6.07 Å². The van der Waals surface area contributed by atoms with Crippen LogP contribution in [0.5, 0.6) is 5.75 Å². The lowest BCUT2D eigenvalue weighted by molar-refractivity contribution is -0.165. The maximum atomic E-state index is 15.4. The molecule has 1 aliphatic carbocycles. The van der Waals surface area contributed by atoms with E-state index in [4.69, 9.17) is 18.9 Å². The van der Waals surface area contributed by atoms with E-state index >= 15 is 4.39 Å². The number of aryl methyl sites for hydroxylation is 1. The third-order valence-electron chi connectivity index (χ3n) is 8.22. The Hall–Kier alpha value is -4.23. The molecule has 0 amide bonds. The molecule has 0 N–H and O–H groups in total. The molecule has 6 nitrogen and oxygen atoms in total. The number of benzene rings is 3. The number of hydrogen-bond acceptors (Lipinski definition) is 6. The molecule has 1 saturated heterocycles. The van der Waals surface area contributed by atoms with Crippen LogP contribution in [0.15, 0.2) is 97.3 Å². The standard InChI is InChI=1S/C35H35FO6/c1-4-15-39-33(38)34(20-26-11-7-5-8-12-26)22-35(32(19-31(34)37)41-23-42-35)25(3)17-28-18-30(24(2)16-29(28)36)40-21-27-13-9-6-10-14-27/h4-14,16,18-19,25H,1,15,17,20-23H2,2-3H3/t25-,34?,35-/m1/s1. The average Bonchev–Trinajstić information content (AvgIpc) is 3.41. The number of ether oxygens (including phenoxy) is 4. The number of hydrogen-bond donors (Lipinski definition) is 0. The minimum Gasteiger partial charge on any atom is -0.489 e. The molecule has 1 fully saturated rings. The number of fused-ring (bicyclic) bond motifs is 1. The lowest BCUT2D eigenvalue weighted by Crippen LogP contribution is -2.54. The van der Waals surface area contributed by atoms with Crippen molar-refractivity contribution in [3.8, 4) is 5.75 Å². The molecule has 2 aliphatic rings. The Bertz CT molecular complexity index is 1480. The van der Waals surface area contributed by atoms with Gasteiger partial charge in [-0.1, -0.05) is 80.2 Å². The molecule has 0 aromatic heterocycles. The Balaban J connectivity index is 1.46. The zero-order valence-electron chi connectivity index (χ0n) is 23.9. The molecule has 3 atom stereocenters. The van der Waals surface area contributed by atoms with Gasteiger partial charge in [-0.15, -0.1) is 0 Å². The number of carbonyl (C=O) groups is 2. The van der Waals surface area contributed by atoms with Crippen LogP contribution < -0.4 is 4.74 Å². The minimum atomic E-state index is -1.55. The highest BCUT2D eigenvalue weighted by atomic mass is 19.1. The quantitative estimate of drug-likeness (QED) is 0.150. The number of carbonyl (C=O) groups excluding carboxylic acids is 2. The molecule has 1 heterocycles. The second kappa shape index (κ2) is 12.3. The van der Waals surface area contributed by atoms with E-state index in [-0.39, 0.29) is 44.4 Å². The smallest absolute Gasteiger partial charge is 0.320 e. The molecular formula is C35H35FO6. The maximum absolute atomic E-state index is 15.4. The van der Waals surface area contributed by atoms with Gasteiger partial charge in [0.1, 0.15) is 41.6 Å². The normalized spacial score (nSPS) is 22.0. The molecule has 0 bridgehead atoms. The molecule has 1 aliphatic heterocycles. The average molecular weight is 571 g/mol. The summed E-state index contributed by atoms with van der Waals surface area (Å²) in [5.74, 6) is -0.840. The largest absolute Gasteiger partial charge is 0.489 e. The predicted molar refractivity (Wildman–Crippen MR) is 156 cm³/mol. The molecule has 1 unspecified atom stereocenters. The van der Waals surface area contributed by atoms with Crippen molar-refractivity contribution >= 4 is 11.8 Å². The van der Waals surface area contributed by atoms with Gasteiger partial charge in [0, 0.05) is 12.5 Å². The Morgan fingerprint density at radius 2 is 1.79 bits per heavy atom. The molecule has 3 aromatic rings. The lowest BCUT2D eigenvalue weighted by Gasteiger charge is -2.43. The third kappa shape index (κ3) is 5.74. The van der Waals surface area contributed by atoms with Crippen LogP contribution in [0, 0.1) is 24.1 Å². The summed E-state index contributed by atoms with van der Waals surface area (Å²) in [5, 5.41) is 0. The van der Waals surface area contributed by atoms with E-state index in [1.807, 2.05) is 74.5 Å². The van der Waals surface area contributed by atoms with Crippen molar-refractivity contribution in [2.24, 2.45) is 11.3 Å². The topological polar surface area (TPSA) is 71.1 Å². The first-order valence-electron chi connectivity index (χ1n) is 14.1. The van der Waals surface area contributed by atoms with Crippen molar-refractivity contribution in [2.75, 3.05) is 13.4 Å². The molecule has 0 saturated carbocycles. The van der Waals surface area contributed by atoms with Crippen molar-refractivity contribution < 1.29 is 32.9 Å². The van der Waals surface area contributed by atoms with Crippen LogP contribution in [0.25, 0.3) is 0 Å². The van der Waals surface area contributed by atoms with Crippen LogP contribution in [0.4, 0.5) is 4.39 Å². The monoisotopic (exact) mass is 570 g/mol. The molecule has 0 spiro atoms. The maximum Gasteiger partial charge on any atom is 0.320 e. The van der Waals surface area contributed by atoms with Crippen LogP contribution in [0.1, 0.15) is 35.6 Å². The third-order valence-corrected chi connectivity index (χ3v) is 8.22. The molecule has 3 aromatic carbocycles. The van der Waals surface area contributed by atoms with Crippen molar-refractivity contribution in [2.45, 2.75) is 45.3 Å². The Kier molecular flexibility index (Phi) is 8.59. The fourth-order valence-electron chi connectivity index (χ4n) is 5.89. The van der Waals surface area contributed by atoms with E-state index in [0.717, 1.165) is 11.1 Å². The molecule has 42 heavy (non-hydrogen) atoms. The Labute approximate surface area is 245 Å². The molecule has 5 rings (SSSR count). The van der Waals surface area contributed by atoms with Crippen LogP contribution in [0.2, 0.25) is 0 Å². The summed E-state index contributed by atoms with van der Waals surface area (Å²) in [6, 6.07) is 22.3. The lowest BCUT2D eigenvalue weighted by atomic mass is 9.62. The second-order valence-electron chi connectivity index (χ2n) is 11.1. The highest BCUT2D eigenvalue weighted by molar-refractivity contribution is 6.11. The number of ketones is 1. The zero-order valence-corrected chi connectivity index (χ0v) is 23.9. The van der Waals surface area contributed by atoms with Gasteiger partial charge in [-0.2, -0.15) is 0 Å². The van der Waals surface area contributed by atoms with Gasteiger partial charge in [0.05, 0.1) is 0 Å². The van der Waals surface area contributed by atoms with Gasteiger partial charge in [-0.05, 0) is 60.1 Å². The highest BCUT2D eigenvalue weighted by Crippen LogP contribution is 2.51. The van der Waals surface area contributed by atoms with E-state index < -0.39 is 22.8 Å². The number of halogens is 1. The summed E-state index contributed by atoms with van der Waals surface area (Å²) >= 11 is 0. The molecular weight excluding hydrogens is 535 g/mol. The minimum absolute atomic E-state index is 0.00154. The second-order valence-corrected chi connectivity index (χ2v) is 11.1. The fourth-order valence-corrected chi connectivity index (χ4v) is 5.89. The van der Waals surface area contributed by atoms with Crippen LogP contribution >= 0.6 is 0 Å². The highest BCUT2D eigenvalue weighted by Gasteiger charge is 2.61. The van der Waals surface area contributed by atoms with Gasteiger partial charge in [0.15, 0.2) is 12.6 Å². The first kappa shape index (κ1) is 29.3. The first-order chi connectivity index (χ1) is 20.3. The Morgan fingerprint density at radius 3 is 2.48 bits per heavy atom. The van der Waals surface area contributed by atoms with E-state index in [9.17, 15) is 9.59 Å². The van der Waals surface area contributed by atoms with Crippen molar-refractivity contribution in [1.82, 2.24) is 0 Å². The first-order valence-corrected chi connectivity index (χ1v) is 14.1.